The molecule has 0 aromatic heterocycles. The Labute approximate surface area is 131 Å². The van der Waals surface area contributed by atoms with Crippen LogP contribution in [0.5, 0.6) is 5.75 Å². The van der Waals surface area contributed by atoms with Crippen LogP contribution in [0.25, 0.3) is 0 Å². The van der Waals surface area contributed by atoms with Crippen molar-refractivity contribution in [2.75, 3.05) is 0 Å². The molecule has 0 fully saturated rings. The third-order valence-electron chi connectivity index (χ3n) is 4.29. The Bertz CT molecular complexity index is 370. The second-order valence-corrected chi connectivity index (χ2v) is 6.28. The molecule has 1 rings (SSSR count). The Hall–Kier alpha value is -0.980. The first-order valence-corrected chi connectivity index (χ1v) is 9.08. The predicted molar refractivity (Wildman–Crippen MR) is 93.0 cm³/mol. The van der Waals surface area contributed by atoms with E-state index in [2.05, 4.69) is 19.9 Å². The third kappa shape index (κ3) is 8.14. The van der Waals surface area contributed by atoms with Gasteiger partial charge in [0.2, 0.25) is 0 Å². The third-order valence-corrected chi connectivity index (χ3v) is 4.29. The summed E-state index contributed by atoms with van der Waals surface area (Å²) >= 11 is 0. The summed E-state index contributed by atoms with van der Waals surface area (Å²) in [6.07, 6.45) is 15.5. The van der Waals surface area contributed by atoms with Gasteiger partial charge in [-0.3, -0.25) is 0 Å². The maximum absolute atomic E-state index is 9.72. The molecule has 120 valence electrons. The van der Waals surface area contributed by atoms with Crippen molar-refractivity contribution in [1.82, 2.24) is 0 Å². The summed E-state index contributed by atoms with van der Waals surface area (Å²) < 4.78 is 0. The Morgan fingerprint density at radius 3 is 1.76 bits per heavy atom. The first-order chi connectivity index (χ1) is 10.3. The smallest absolute Gasteiger partial charge is 0.115 e. The second-order valence-electron chi connectivity index (χ2n) is 6.28. The van der Waals surface area contributed by atoms with Gasteiger partial charge in [0.15, 0.2) is 0 Å². The van der Waals surface area contributed by atoms with Crippen LogP contribution in [0.1, 0.15) is 89.2 Å². The van der Waals surface area contributed by atoms with Crippen molar-refractivity contribution in [2.45, 2.75) is 90.9 Å². The van der Waals surface area contributed by atoms with E-state index in [4.69, 9.17) is 0 Å². The van der Waals surface area contributed by atoms with Gasteiger partial charge in [0, 0.05) is 0 Å². The molecule has 1 N–H and O–H groups in total. The van der Waals surface area contributed by atoms with Crippen molar-refractivity contribution >= 4 is 0 Å². The van der Waals surface area contributed by atoms with Gasteiger partial charge >= 0.3 is 0 Å². The van der Waals surface area contributed by atoms with Crippen LogP contribution >= 0.6 is 0 Å². The molecule has 0 atom stereocenters. The fourth-order valence-corrected chi connectivity index (χ4v) is 2.93. The molecule has 0 aliphatic rings. The van der Waals surface area contributed by atoms with E-state index in [0.717, 1.165) is 6.42 Å². The van der Waals surface area contributed by atoms with Crippen LogP contribution < -0.4 is 0 Å². The lowest BCUT2D eigenvalue weighted by Gasteiger charge is -2.10. The van der Waals surface area contributed by atoms with Gasteiger partial charge in [-0.25, -0.2) is 0 Å². The lowest BCUT2D eigenvalue weighted by Crippen LogP contribution is -1.95. The minimum Gasteiger partial charge on any atom is -0.508 e. The van der Waals surface area contributed by atoms with Crippen LogP contribution in [0.15, 0.2) is 18.2 Å². The van der Waals surface area contributed by atoms with Crippen molar-refractivity contribution in [3.63, 3.8) is 0 Å². The molecule has 0 spiro atoms. The molecule has 1 heteroatoms. The summed E-state index contributed by atoms with van der Waals surface area (Å²) in [5.41, 5.74) is 2.83. The van der Waals surface area contributed by atoms with Gasteiger partial charge in [-0.05, 0) is 48.9 Å². The summed E-state index contributed by atoms with van der Waals surface area (Å²) in [5, 5.41) is 9.72. The number of aryl methyl sites for hydroxylation is 2. The molecular weight excluding hydrogens is 256 g/mol. The summed E-state index contributed by atoms with van der Waals surface area (Å²) in [6, 6.07) is 5.97. The molecule has 1 aromatic carbocycles. The monoisotopic (exact) mass is 290 g/mol. The standard InChI is InChI=1S/C20H34O/c1-3-5-7-9-11-13-18-15-16-20(21)17-19(18)14-12-10-8-6-4-2/h15-17,21H,3-14H2,1-2H3. The second kappa shape index (κ2) is 11.7. The molecule has 0 amide bonds. The Morgan fingerprint density at radius 2 is 1.19 bits per heavy atom. The van der Waals surface area contributed by atoms with Crippen LogP contribution in [-0.4, -0.2) is 5.11 Å². The predicted octanol–water partition coefficient (Wildman–Crippen LogP) is 6.42. The average molecular weight is 290 g/mol. The number of hydrogen-bond acceptors (Lipinski definition) is 1. The molecular formula is C20H34O. The van der Waals surface area contributed by atoms with Crippen LogP contribution in [-0.2, 0) is 12.8 Å². The molecule has 0 bridgehead atoms. The number of hydrogen-bond donors (Lipinski definition) is 1. The van der Waals surface area contributed by atoms with Crippen molar-refractivity contribution in [1.29, 1.82) is 0 Å². The zero-order valence-electron chi connectivity index (χ0n) is 14.2. The normalized spacial score (nSPS) is 11.0. The number of rotatable bonds is 12. The van der Waals surface area contributed by atoms with Crippen molar-refractivity contribution in [2.24, 2.45) is 0 Å². The first-order valence-electron chi connectivity index (χ1n) is 9.08. The van der Waals surface area contributed by atoms with Crippen molar-refractivity contribution in [3.05, 3.63) is 29.3 Å². The maximum Gasteiger partial charge on any atom is 0.115 e. The number of phenols is 1. The van der Waals surface area contributed by atoms with Gasteiger partial charge < -0.3 is 5.11 Å². The Morgan fingerprint density at radius 1 is 0.667 bits per heavy atom. The van der Waals surface area contributed by atoms with Gasteiger partial charge in [-0.15, -0.1) is 0 Å². The molecule has 1 nitrogen and oxygen atoms in total. The highest BCUT2D eigenvalue weighted by molar-refractivity contribution is 5.35. The molecule has 0 radical (unpaired) electrons. The first kappa shape index (κ1) is 18.1. The zero-order chi connectivity index (χ0) is 15.3. The summed E-state index contributed by atoms with van der Waals surface area (Å²) in [4.78, 5) is 0. The van der Waals surface area contributed by atoms with E-state index in [1.54, 1.807) is 0 Å². The van der Waals surface area contributed by atoms with Gasteiger partial charge in [0.1, 0.15) is 5.75 Å². The van der Waals surface area contributed by atoms with E-state index < -0.39 is 0 Å². The van der Waals surface area contributed by atoms with Crippen LogP contribution in [0.2, 0.25) is 0 Å². The Balaban J connectivity index is 2.39. The lowest BCUT2D eigenvalue weighted by molar-refractivity contribution is 0.473. The van der Waals surface area contributed by atoms with E-state index in [-0.39, 0.29) is 0 Å². The average Bonchev–Trinajstić information content (AvgIpc) is 2.48. The van der Waals surface area contributed by atoms with Gasteiger partial charge in [-0.2, -0.15) is 0 Å². The molecule has 0 saturated heterocycles. The van der Waals surface area contributed by atoms with Crippen molar-refractivity contribution < 1.29 is 5.11 Å². The molecule has 21 heavy (non-hydrogen) atoms. The lowest BCUT2D eigenvalue weighted by atomic mass is 9.96. The minimum atomic E-state index is 0.424. The highest BCUT2D eigenvalue weighted by Crippen LogP contribution is 2.21. The van der Waals surface area contributed by atoms with E-state index in [9.17, 15) is 5.11 Å². The zero-order valence-corrected chi connectivity index (χ0v) is 14.2. The van der Waals surface area contributed by atoms with Gasteiger partial charge in [0.05, 0.1) is 0 Å². The van der Waals surface area contributed by atoms with Gasteiger partial charge in [0.25, 0.3) is 0 Å². The van der Waals surface area contributed by atoms with E-state index >= 15 is 0 Å². The van der Waals surface area contributed by atoms with Gasteiger partial charge in [-0.1, -0.05) is 71.3 Å². The van der Waals surface area contributed by atoms with E-state index in [1.165, 1.54) is 81.8 Å². The number of benzene rings is 1. The summed E-state index contributed by atoms with van der Waals surface area (Å²) in [5.74, 6) is 0.424. The maximum atomic E-state index is 9.72. The van der Waals surface area contributed by atoms with Crippen LogP contribution in [0.4, 0.5) is 0 Å². The summed E-state index contributed by atoms with van der Waals surface area (Å²) in [7, 11) is 0. The molecule has 0 heterocycles. The van der Waals surface area contributed by atoms with E-state index in [1.807, 2.05) is 12.1 Å². The quantitative estimate of drug-likeness (QED) is 0.440. The molecule has 0 aliphatic heterocycles. The van der Waals surface area contributed by atoms with Crippen LogP contribution in [0.3, 0.4) is 0 Å². The fraction of sp³-hybridized carbons (Fsp3) is 0.700. The summed E-state index contributed by atoms with van der Waals surface area (Å²) in [6.45, 7) is 4.52. The highest BCUT2D eigenvalue weighted by Gasteiger charge is 2.04. The number of phenolic OH excluding ortho intramolecular Hbond substituents is 1. The molecule has 0 aliphatic carbocycles. The molecule has 0 unspecified atom stereocenters. The minimum absolute atomic E-state index is 0.424. The number of unbranched alkanes of at least 4 members (excludes halogenated alkanes) is 8. The van der Waals surface area contributed by atoms with Crippen molar-refractivity contribution in [3.8, 4) is 5.75 Å². The Kier molecular flexibility index (Phi) is 10.0. The molecule has 0 saturated carbocycles. The topological polar surface area (TPSA) is 20.2 Å². The van der Waals surface area contributed by atoms with Crippen LogP contribution in [0, 0.1) is 0 Å². The SMILES string of the molecule is CCCCCCCc1ccc(O)cc1CCCCCCC. The largest absolute Gasteiger partial charge is 0.508 e. The molecule has 1 aromatic rings. The number of aromatic hydroxyl groups is 1. The highest BCUT2D eigenvalue weighted by atomic mass is 16.3. The van der Waals surface area contributed by atoms with E-state index in [0.29, 0.717) is 5.75 Å². The fourth-order valence-electron chi connectivity index (χ4n) is 2.93.